The van der Waals surface area contributed by atoms with Gasteiger partial charge in [-0.15, -0.1) is 0 Å². The largest absolute Gasteiger partial charge is 0.392 e. The van der Waals surface area contributed by atoms with Crippen molar-refractivity contribution in [1.29, 1.82) is 0 Å². The van der Waals surface area contributed by atoms with Crippen molar-refractivity contribution in [3.8, 4) is 0 Å². The maximum Gasteiger partial charge on any atom is 0.142 e. The minimum absolute atomic E-state index is 0.162. The number of aliphatic hydroxyl groups excluding tert-OH is 1. The molecule has 1 aliphatic rings. The number of hydrogen-bond acceptors (Lipinski definition) is 3. The van der Waals surface area contributed by atoms with Gasteiger partial charge in [-0.25, -0.2) is 9.37 Å². The van der Waals surface area contributed by atoms with Crippen molar-refractivity contribution in [2.45, 2.75) is 26.4 Å². The van der Waals surface area contributed by atoms with Gasteiger partial charge in [-0.05, 0) is 24.8 Å². The minimum atomic E-state index is -0.391. The van der Waals surface area contributed by atoms with Crippen LogP contribution < -0.4 is 4.90 Å². The molecular formula is C12H17FN2O. The van der Waals surface area contributed by atoms with Crippen LogP contribution in [0.15, 0.2) is 12.3 Å². The molecule has 0 radical (unpaired) electrons. The molecule has 0 aromatic carbocycles. The average Bonchev–Trinajstić information content (AvgIpc) is 2.28. The number of anilines is 1. The zero-order chi connectivity index (χ0) is 11.5. The van der Waals surface area contributed by atoms with Crippen LogP contribution in [-0.4, -0.2) is 23.2 Å². The van der Waals surface area contributed by atoms with Gasteiger partial charge in [-0.2, -0.15) is 0 Å². The summed E-state index contributed by atoms with van der Waals surface area (Å²) >= 11 is 0. The molecule has 1 aromatic heterocycles. The second-order valence-corrected chi connectivity index (χ2v) is 4.49. The fraction of sp³-hybridized carbons (Fsp3) is 0.583. The first-order valence-electron chi connectivity index (χ1n) is 5.71. The van der Waals surface area contributed by atoms with E-state index in [1.807, 2.05) is 0 Å². The van der Waals surface area contributed by atoms with Crippen LogP contribution in [0.4, 0.5) is 10.2 Å². The van der Waals surface area contributed by atoms with Gasteiger partial charge in [0.2, 0.25) is 0 Å². The first-order valence-corrected chi connectivity index (χ1v) is 5.71. The lowest BCUT2D eigenvalue weighted by molar-refractivity contribution is 0.280. The number of hydrogen-bond donors (Lipinski definition) is 1. The number of aliphatic hydroxyl groups is 1. The molecule has 3 nitrogen and oxygen atoms in total. The van der Waals surface area contributed by atoms with Crippen LogP contribution in [0.2, 0.25) is 0 Å². The van der Waals surface area contributed by atoms with Gasteiger partial charge in [0.1, 0.15) is 11.6 Å². The second-order valence-electron chi connectivity index (χ2n) is 4.49. The van der Waals surface area contributed by atoms with Gasteiger partial charge in [0.25, 0.3) is 0 Å². The van der Waals surface area contributed by atoms with Crippen LogP contribution in [0.3, 0.4) is 0 Å². The molecule has 1 N–H and O–H groups in total. The highest BCUT2D eigenvalue weighted by Crippen LogP contribution is 2.24. The molecule has 1 saturated heterocycles. The van der Waals surface area contributed by atoms with Crippen LogP contribution in [0.1, 0.15) is 25.3 Å². The van der Waals surface area contributed by atoms with Gasteiger partial charge in [0.05, 0.1) is 12.8 Å². The SMILES string of the molecule is CC1CCCN(c2ncc(F)cc2CO)C1. The monoisotopic (exact) mass is 224 g/mol. The molecular weight excluding hydrogens is 207 g/mol. The number of piperidine rings is 1. The topological polar surface area (TPSA) is 36.4 Å². The van der Waals surface area contributed by atoms with E-state index in [2.05, 4.69) is 16.8 Å². The molecule has 88 valence electrons. The summed E-state index contributed by atoms with van der Waals surface area (Å²) in [4.78, 5) is 6.24. The summed E-state index contributed by atoms with van der Waals surface area (Å²) in [6.45, 7) is 3.92. The molecule has 0 aliphatic carbocycles. The summed E-state index contributed by atoms with van der Waals surface area (Å²) in [7, 11) is 0. The van der Waals surface area contributed by atoms with Crippen molar-refractivity contribution >= 4 is 5.82 Å². The smallest absolute Gasteiger partial charge is 0.142 e. The second kappa shape index (κ2) is 4.78. The fourth-order valence-corrected chi connectivity index (χ4v) is 2.26. The van der Waals surface area contributed by atoms with E-state index in [9.17, 15) is 9.50 Å². The van der Waals surface area contributed by atoms with E-state index in [0.717, 1.165) is 25.3 Å². The summed E-state index contributed by atoms with van der Waals surface area (Å²) in [5, 5.41) is 9.21. The quantitative estimate of drug-likeness (QED) is 0.834. The normalized spacial score (nSPS) is 21.2. The lowest BCUT2D eigenvalue weighted by Crippen LogP contribution is -2.35. The van der Waals surface area contributed by atoms with E-state index in [1.54, 1.807) is 0 Å². The summed E-state index contributed by atoms with van der Waals surface area (Å²) < 4.78 is 13.0. The first kappa shape index (κ1) is 11.3. The Hall–Kier alpha value is -1.16. The minimum Gasteiger partial charge on any atom is -0.392 e. The molecule has 1 fully saturated rings. The van der Waals surface area contributed by atoms with Crippen molar-refractivity contribution in [3.05, 3.63) is 23.6 Å². The summed E-state index contributed by atoms with van der Waals surface area (Å²) in [5.74, 6) is 0.973. The van der Waals surface area contributed by atoms with Crippen molar-refractivity contribution < 1.29 is 9.50 Å². The van der Waals surface area contributed by atoms with E-state index < -0.39 is 5.82 Å². The maximum absolute atomic E-state index is 13.0. The third kappa shape index (κ3) is 2.32. The first-order chi connectivity index (χ1) is 7.70. The van der Waals surface area contributed by atoms with E-state index in [4.69, 9.17) is 0 Å². The van der Waals surface area contributed by atoms with Crippen molar-refractivity contribution in [1.82, 2.24) is 4.98 Å². The van der Waals surface area contributed by atoms with Crippen molar-refractivity contribution in [3.63, 3.8) is 0 Å². The summed E-state index contributed by atoms with van der Waals surface area (Å²) in [6, 6.07) is 1.36. The molecule has 0 bridgehead atoms. The Morgan fingerprint density at radius 1 is 1.62 bits per heavy atom. The Kier molecular flexibility index (Phi) is 3.39. The number of pyridine rings is 1. The molecule has 0 spiro atoms. The summed E-state index contributed by atoms with van der Waals surface area (Å²) in [6.07, 6.45) is 3.57. The zero-order valence-electron chi connectivity index (χ0n) is 9.49. The molecule has 1 unspecified atom stereocenters. The molecule has 2 rings (SSSR count). The molecule has 16 heavy (non-hydrogen) atoms. The Balaban J connectivity index is 2.24. The number of aromatic nitrogens is 1. The predicted octanol–water partition coefficient (Wildman–Crippen LogP) is 1.95. The molecule has 1 aliphatic heterocycles. The Morgan fingerprint density at radius 2 is 2.44 bits per heavy atom. The molecule has 0 saturated carbocycles. The zero-order valence-corrected chi connectivity index (χ0v) is 9.49. The van der Waals surface area contributed by atoms with Crippen LogP contribution in [0.5, 0.6) is 0 Å². The van der Waals surface area contributed by atoms with Crippen molar-refractivity contribution in [2.75, 3.05) is 18.0 Å². The van der Waals surface area contributed by atoms with E-state index >= 15 is 0 Å². The highest BCUT2D eigenvalue weighted by Gasteiger charge is 2.19. The molecule has 1 atom stereocenters. The van der Waals surface area contributed by atoms with Gasteiger partial charge in [0, 0.05) is 18.7 Å². The van der Waals surface area contributed by atoms with E-state index in [0.29, 0.717) is 11.5 Å². The van der Waals surface area contributed by atoms with Gasteiger partial charge in [-0.1, -0.05) is 6.92 Å². The maximum atomic E-state index is 13.0. The molecule has 1 aromatic rings. The third-order valence-corrected chi connectivity index (χ3v) is 3.04. The number of nitrogens with zero attached hydrogens (tertiary/aromatic N) is 2. The van der Waals surface area contributed by atoms with Gasteiger partial charge >= 0.3 is 0 Å². The van der Waals surface area contributed by atoms with Gasteiger partial charge in [0.15, 0.2) is 0 Å². The third-order valence-electron chi connectivity index (χ3n) is 3.04. The van der Waals surface area contributed by atoms with Crippen LogP contribution >= 0.6 is 0 Å². The average molecular weight is 224 g/mol. The Labute approximate surface area is 94.9 Å². The summed E-state index contributed by atoms with van der Waals surface area (Å²) in [5.41, 5.74) is 0.578. The number of halogens is 1. The lowest BCUT2D eigenvalue weighted by Gasteiger charge is -2.32. The van der Waals surface area contributed by atoms with Crippen LogP contribution in [0, 0.1) is 11.7 Å². The predicted molar refractivity (Wildman–Crippen MR) is 60.7 cm³/mol. The Bertz CT molecular complexity index is 370. The Morgan fingerprint density at radius 3 is 3.12 bits per heavy atom. The fourth-order valence-electron chi connectivity index (χ4n) is 2.26. The van der Waals surface area contributed by atoms with Gasteiger partial charge in [-0.3, -0.25) is 0 Å². The molecule has 0 amide bonds. The lowest BCUT2D eigenvalue weighted by atomic mass is 10.00. The number of rotatable bonds is 2. The van der Waals surface area contributed by atoms with Crippen LogP contribution in [-0.2, 0) is 6.61 Å². The molecule has 4 heteroatoms. The van der Waals surface area contributed by atoms with Crippen molar-refractivity contribution in [2.24, 2.45) is 5.92 Å². The van der Waals surface area contributed by atoms with Crippen LogP contribution in [0.25, 0.3) is 0 Å². The standard InChI is InChI=1S/C12H17FN2O/c1-9-3-2-4-15(7-9)12-10(8-16)5-11(13)6-14-12/h5-6,9,16H,2-4,7-8H2,1H3. The van der Waals surface area contributed by atoms with E-state index in [-0.39, 0.29) is 6.61 Å². The highest BCUT2D eigenvalue weighted by molar-refractivity contribution is 5.47. The van der Waals surface area contributed by atoms with Gasteiger partial charge < -0.3 is 10.0 Å². The van der Waals surface area contributed by atoms with E-state index in [1.165, 1.54) is 18.7 Å². The molecule has 2 heterocycles. The highest BCUT2D eigenvalue weighted by atomic mass is 19.1.